The van der Waals surface area contributed by atoms with E-state index in [4.69, 9.17) is 23.2 Å². The van der Waals surface area contributed by atoms with Crippen molar-refractivity contribution in [2.45, 2.75) is 26.1 Å². The number of hydrazone groups is 1. The normalized spacial score (nSPS) is 18.2. The highest BCUT2D eigenvalue weighted by Gasteiger charge is 2.33. The SMILES string of the molecule is CC(=NNC(=O)c1ccc(C(=O)N2CC(O)C(O)C2)s1)c1c(C)[nH]n(-c2ccc(Cl)c(Cl)c2)c1=O. The first-order chi connectivity index (χ1) is 16.6. The molecule has 0 bridgehead atoms. The molecule has 184 valence electrons. The summed E-state index contributed by atoms with van der Waals surface area (Å²) in [6.45, 7) is 3.34. The van der Waals surface area contributed by atoms with E-state index in [0.717, 1.165) is 11.3 Å². The quantitative estimate of drug-likeness (QED) is 0.291. The summed E-state index contributed by atoms with van der Waals surface area (Å²) in [6.07, 6.45) is -1.98. The molecular formula is C22H21Cl2N5O5S. The van der Waals surface area contributed by atoms with Crippen LogP contribution in [0, 0.1) is 6.92 Å². The minimum absolute atomic E-state index is 0.0265. The van der Waals surface area contributed by atoms with Crippen molar-refractivity contribution in [3.8, 4) is 5.69 Å². The van der Waals surface area contributed by atoms with Gasteiger partial charge in [-0.15, -0.1) is 11.3 Å². The average molecular weight is 538 g/mol. The number of aliphatic hydroxyl groups is 2. The van der Waals surface area contributed by atoms with Crippen LogP contribution < -0.4 is 11.0 Å². The molecule has 10 nitrogen and oxygen atoms in total. The summed E-state index contributed by atoms with van der Waals surface area (Å²) in [5.41, 5.74) is 3.62. The molecule has 2 unspecified atom stereocenters. The number of carbonyl (C=O) groups is 2. The molecule has 4 N–H and O–H groups in total. The van der Waals surface area contributed by atoms with Crippen molar-refractivity contribution >= 4 is 52.1 Å². The molecule has 2 atom stereocenters. The average Bonchev–Trinajstić information content (AvgIpc) is 3.51. The van der Waals surface area contributed by atoms with E-state index in [9.17, 15) is 24.6 Å². The second kappa shape index (κ2) is 9.96. The number of nitrogens with one attached hydrogen (secondary N) is 2. The summed E-state index contributed by atoms with van der Waals surface area (Å²) < 4.78 is 1.30. The van der Waals surface area contributed by atoms with Crippen LogP contribution in [0.1, 0.15) is 37.5 Å². The number of likely N-dealkylation sites (tertiary alicyclic amines) is 1. The van der Waals surface area contributed by atoms with E-state index >= 15 is 0 Å². The first-order valence-electron chi connectivity index (χ1n) is 10.4. The van der Waals surface area contributed by atoms with Crippen LogP contribution in [0.4, 0.5) is 0 Å². The molecule has 1 aromatic carbocycles. The standard InChI is InChI=1S/C22H21Cl2N5O5S/c1-10(19-11(2)27-29(22(19)34)12-3-4-13(23)14(24)7-12)25-26-20(32)17-5-6-18(35-17)21(33)28-8-15(30)16(31)9-28/h3-7,15-16,27,30-31H,8-9H2,1-2H3,(H,26,32). The van der Waals surface area contributed by atoms with Crippen LogP contribution in [-0.4, -0.2) is 67.7 Å². The number of hydrogen-bond acceptors (Lipinski definition) is 7. The number of rotatable bonds is 5. The lowest BCUT2D eigenvalue weighted by molar-refractivity contribution is 0.0572. The van der Waals surface area contributed by atoms with Crippen LogP contribution in [0.3, 0.4) is 0 Å². The van der Waals surface area contributed by atoms with Crippen LogP contribution in [0.5, 0.6) is 0 Å². The largest absolute Gasteiger partial charge is 0.388 e. The molecule has 0 spiro atoms. The van der Waals surface area contributed by atoms with Gasteiger partial charge in [0.25, 0.3) is 17.4 Å². The van der Waals surface area contributed by atoms with Crippen molar-refractivity contribution < 1.29 is 19.8 Å². The molecule has 1 aliphatic rings. The molecule has 13 heteroatoms. The maximum atomic E-state index is 13.0. The summed E-state index contributed by atoms with van der Waals surface area (Å²) >= 11 is 13.0. The van der Waals surface area contributed by atoms with Gasteiger partial charge in [0.05, 0.1) is 49.0 Å². The Labute approximate surface area is 213 Å². The highest BCUT2D eigenvalue weighted by molar-refractivity contribution is 7.15. The zero-order valence-corrected chi connectivity index (χ0v) is 20.9. The molecule has 0 aliphatic carbocycles. The molecule has 35 heavy (non-hydrogen) atoms. The molecule has 2 aromatic heterocycles. The molecule has 1 saturated heterocycles. The number of aromatic nitrogens is 2. The number of aromatic amines is 1. The fourth-order valence-electron chi connectivity index (χ4n) is 3.69. The molecule has 0 radical (unpaired) electrons. The van der Waals surface area contributed by atoms with E-state index in [1.165, 1.54) is 21.7 Å². The molecule has 4 rings (SSSR count). The van der Waals surface area contributed by atoms with E-state index < -0.39 is 18.1 Å². The first kappa shape index (κ1) is 25.1. The van der Waals surface area contributed by atoms with Gasteiger partial charge in [0, 0.05) is 18.8 Å². The predicted molar refractivity (Wildman–Crippen MR) is 133 cm³/mol. The third-order valence-corrected chi connectivity index (χ3v) is 7.32. The predicted octanol–water partition coefficient (Wildman–Crippen LogP) is 2.17. The Hall–Kier alpha value is -2.96. The van der Waals surface area contributed by atoms with E-state index in [1.807, 2.05) is 0 Å². The van der Waals surface area contributed by atoms with E-state index in [0.29, 0.717) is 26.3 Å². The van der Waals surface area contributed by atoms with Gasteiger partial charge in [0.2, 0.25) is 0 Å². The summed E-state index contributed by atoms with van der Waals surface area (Å²) in [5, 5.41) is 27.0. The van der Waals surface area contributed by atoms with Crippen LogP contribution in [0.25, 0.3) is 5.69 Å². The van der Waals surface area contributed by atoms with Crippen LogP contribution in [0.15, 0.2) is 40.2 Å². The Morgan fingerprint density at radius 2 is 1.77 bits per heavy atom. The number of aliphatic hydroxyl groups excluding tert-OH is 2. The number of halogens is 2. The van der Waals surface area contributed by atoms with Crippen molar-refractivity contribution in [3.63, 3.8) is 0 Å². The lowest BCUT2D eigenvalue weighted by atomic mass is 10.2. The minimum Gasteiger partial charge on any atom is -0.388 e. The van der Waals surface area contributed by atoms with E-state index in [-0.39, 0.29) is 40.7 Å². The number of amides is 2. The summed E-state index contributed by atoms with van der Waals surface area (Å²) in [7, 11) is 0. The monoisotopic (exact) mass is 537 g/mol. The Morgan fingerprint density at radius 3 is 2.43 bits per heavy atom. The van der Waals surface area contributed by atoms with Crippen LogP contribution in [-0.2, 0) is 0 Å². The maximum Gasteiger partial charge on any atom is 0.281 e. The highest BCUT2D eigenvalue weighted by Crippen LogP contribution is 2.24. The van der Waals surface area contributed by atoms with Crippen molar-refractivity contribution in [2.24, 2.45) is 5.10 Å². The number of H-pyrrole nitrogens is 1. The zero-order chi connectivity index (χ0) is 25.4. The number of aryl methyl sites for hydroxylation is 1. The highest BCUT2D eigenvalue weighted by atomic mass is 35.5. The van der Waals surface area contributed by atoms with Gasteiger partial charge in [0.15, 0.2) is 0 Å². The lowest BCUT2D eigenvalue weighted by Gasteiger charge is -2.13. The molecule has 2 amide bonds. The zero-order valence-electron chi connectivity index (χ0n) is 18.6. The van der Waals surface area contributed by atoms with Gasteiger partial charge < -0.3 is 15.1 Å². The van der Waals surface area contributed by atoms with E-state index in [1.54, 1.807) is 32.0 Å². The van der Waals surface area contributed by atoms with Crippen molar-refractivity contribution in [3.05, 3.63) is 71.7 Å². The smallest absolute Gasteiger partial charge is 0.281 e. The fraction of sp³-hybridized carbons (Fsp3) is 0.273. The minimum atomic E-state index is -0.989. The number of nitrogens with zero attached hydrogens (tertiary/aromatic N) is 3. The summed E-state index contributed by atoms with van der Waals surface area (Å²) in [6, 6.07) is 7.76. The van der Waals surface area contributed by atoms with Gasteiger partial charge in [-0.2, -0.15) is 5.10 Å². The van der Waals surface area contributed by atoms with Crippen molar-refractivity contribution in [1.29, 1.82) is 0 Å². The number of thiophene rings is 1. The molecule has 1 aliphatic heterocycles. The number of hydrogen-bond donors (Lipinski definition) is 4. The van der Waals surface area contributed by atoms with Crippen molar-refractivity contribution in [2.75, 3.05) is 13.1 Å². The maximum absolute atomic E-state index is 13.0. The van der Waals surface area contributed by atoms with Crippen LogP contribution >= 0.6 is 34.5 Å². The fourth-order valence-corrected chi connectivity index (χ4v) is 4.85. The Bertz CT molecular complexity index is 1390. The first-order valence-corrected chi connectivity index (χ1v) is 12.0. The third-order valence-electron chi connectivity index (χ3n) is 5.51. The Kier molecular flexibility index (Phi) is 7.15. The number of carbonyl (C=O) groups excluding carboxylic acids is 2. The van der Waals surface area contributed by atoms with Gasteiger partial charge in [0.1, 0.15) is 0 Å². The van der Waals surface area contributed by atoms with Gasteiger partial charge in [-0.1, -0.05) is 23.2 Å². The molecule has 1 fully saturated rings. The third kappa shape index (κ3) is 5.04. The van der Waals surface area contributed by atoms with Gasteiger partial charge in [-0.25, -0.2) is 10.1 Å². The van der Waals surface area contributed by atoms with E-state index in [2.05, 4.69) is 15.6 Å². The molecule has 3 aromatic rings. The number of β-amino-alcohol motifs (C(OH)–C–C–N with tert-alkyl or cyclic N) is 2. The van der Waals surface area contributed by atoms with Gasteiger partial charge in [-0.05, 0) is 44.2 Å². The second-order valence-electron chi connectivity index (χ2n) is 8.00. The van der Waals surface area contributed by atoms with Gasteiger partial charge in [-0.3, -0.25) is 19.5 Å². The Morgan fingerprint density at radius 1 is 1.11 bits per heavy atom. The number of benzene rings is 1. The molecule has 3 heterocycles. The lowest BCUT2D eigenvalue weighted by Crippen LogP contribution is -2.29. The second-order valence-corrected chi connectivity index (χ2v) is 9.90. The van der Waals surface area contributed by atoms with Gasteiger partial charge >= 0.3 is 0 Å². The summed E-state index contributed by atoms with van der Waals surface area (Å²) in [4.78, 5) is 40.0. The summed E-state index contributed by atoms with van der Waals surface area (Å²) in [5.74, 6) is -0.928. The molecule has 0 saturated carbocycles. The topological polar surface area (TPSA) is 140 Å². The Balaban J connectivity index is 1.49. The van der Waals surface area contributed by atoms with Crippen LogP contribution in [0.2, 0.25) is 10.0 Å². The molecular weight excluding hydrogens is 517 g/mol. The van der Waals surface area contributed by atoms with Crippen molar-refractivity contribution in [1.82, 2.24) is 20.1 Å².